The van der Waals surface area contributed by atoms with Gasteiger partial charge in [0, 0.05) is 11.8 Å². The normalized spacial score (nSPS) is 13.0. The summed E-state index contributed by atoms with van der Waals surface area (Å²) in [5, 5.41) is 4.45. The molecule has 0 spiro atoms. The molecule has 0 bridgehead atoms. The van der Waals surface area contributed by atoms with Crippen LogP contribution in [0.4, 0.5) is 4.39 Å². The third-order valence-electron chi connectivity index (χ3n) is 4.12. The highest BCUT2D eigenvalue weighted by molar-refractivity contribution is 6.21. The molecule has 2 aromatic carbocycles. The van der Waals surface area contributed by atoms with Gasteiger partial charge in [0.15, 0.2) is 5.69 Å². The molecule has 27 heavy (non-hydrogen) atoms. The summed E-state index contributed by atoms with van der Waals surface area (Å²) in [5.74, 6) is -2.96. The van der Waals surface area contributed by atoms with Gasteiger partial charge in [-0.2, -0.15) is 5.10 Å². The molecule has 1 aliphatic heterocycles. The van der Waals surface area contributed by atoms with Crippen molar-refractivity contribution in [2.45, 2.75) is 6.92 Å². The van der Waals surface area contributed by atoms with Crippen molar-refractivity contribution in [3.63, 3.8) is 0 Å². The third kappa shape index (κ3) is 2.67. The van der Waals surface area contributed by atoms with E-state index < -0.39 is 23.6 Å². The van der Waals surface area contributed by atoms with E-state index in [1.54, 1.807) is 25.1 Å². The largest absolute Gasteiger partial charge is 0.384 e. The average Bonchev–Trinajstić information content (AvgIpc) is 3.16. The van der Waals surface area contributed by atoms with Crippen molar-refractivity contribution in [1.82, 2.24) is 14.8 Å². The van der Waals surface area contributed by atoms with Gasteiger partial charge in [-0.1, -0.05) is 29.3 Å². The lowest BCUT2D eigenvalue weighted by molar-refractivity contribution is -0.0589. The number of aryl methyl sites for hydroxylation is 1. The first-order valence-corrected chi connectivity index (χ1v) is 7.98. The van der Waals surface area contributed by atoms with E-state index in [-0.39, 0.29) is 22.5 Å². The Kier molecular flexibility index (Phi) is 3.80. The molecule has 1 aliphatic rings. The van der Waals surface area contributed by atoms with Crippen LogP contribution in [0.2, 0.25) is 0 Å². The number of fused-ring (bicyclic) bond motifs is 1. The number of hydrogen-bond donors (Lipinski definition) is 0. The Morgan fingerprint density at radius 2 is 1.59 bits per heavy atom. The van der Waals surface area contributed by atoms with Crippen molar-refractivity contribution >= 4 is 17.8 Å². The summed E-state index contributed by atoms with van der Waals surface area (Å²) in [5.41, 5.74) is 0.739. The zero-order valence-corrected chi connectivity index (χ0v) is 14.0. The van der Waals surface area contributed by atoms with Crippen LogP contribution in [0, 0.1) is 12.7 Å². The highest BCUT2D eigenvalue weighted by atomic mass is 19.1. The monoisotopic (exact) mass is 365 g/mol. The molecule has 2 heterocycles. The van der Waals surface area contributed by atoms with E-state index in [0.29, 0.717) is 10.6 Å². The van der Waals surface area contributed by atoms with Gasteiger partial charge in [0.25, 0.3) is 11.8 Å². The molecule has 0 saturated carbocycles. The van der Waals surface area contributed by atoms with E-state index in [1.165, 1.54) is 41.2 Å². The van der Waals surface area contributed by atoms with Gasteiger partial charge >= 0.3 is 5.97 Å². The summed E-state index contributed by atoms with van der Waals surface area (Å²) in [6, 6.07) is 12.1. The van der Waals surface area contributed by atoms with Gasteiger partial charge in [-0.05, 0) is 31.2 Å². The molecule has 2 amide bonds. The van der Waals surface area contributed by atoms with Gasteiger partial charge in [0.2, 0.25) is 0 Å². The standard InChI is InChI=1S/C19H12FN3O4/c1-11-10-22(15-9-5-4-8-14(15)20)21-16(11)19(26)27-23-17(24)12-6-2-3-7-13(12)18(23)25/h2-10H,1H3. The second-order valence-electron chi connectivity index (χ2n) is 5.89. The number of rotatable bonds is 3. The summed E-state index contributed by atoms with van der Waals surface area (Å²) in [4.78, 5) is 42.0. The Hall–Kier alpha value is -3.81. The maximum absolute atomic E-state index is 13.9. The second kappa shape index (κ2) is 6.17. The van der Waals surface area contributed by atoms with Crippen LogP contribution in [0.25, 0.3) is 5.69 Å². The Morgan fingerprint density at radius 3 is 2.22 bits per heavy atom. The molecule has 0 saturated heterocycles. The van der Waals surface area contributed by atoms with Gasteiger partial charge in [0.1, 0.15) is 11.5 Å². The van der Waals surface area contributed by atoms with Gasteiger partial charge in [0.05, 0.1) is 11.1 Å². The molecule has 0 radical (unpaired) electrons. The summed E-state index contributed by atoms with van der Waals surface area (Å²) in [7, 11) is 0. The second-order valence-corrected chi connectivity index (χ2v) is 5.89. The SMILES string of the molecule is Cc1cn(-c2ccccc2F)nc1C(=O)ON1C(=O)c2ccccc2C1=O. The predicted octanol–water partition coefficient (Wildman–Crippen LogP) is 2.69. The lowest BCUT2D eigenvalue weighted by atomic mass is 10.1. The quantitative estimate of drug-likeness (QED) is 0.667. The number of aromatic nitrogens is 2. The Labute approximate surface area is 152 Å². The first-order valence-electron chi connectivity index (χ1n) is 7.98. The average molecular weight is 365 g/mol. The molecular formula is C19H12FN3O4. The fourth-order valence-corrected chi connectivity index (χ4v) is 2.80. The predicted molar refractivity (Wildman–Crippen MR) is 90.6 cm³/mol. The van der Waals surface area contributed by atoms with Crippen LogP contribution in [-0.2, 0) is 4.84 Å². The number of imide groups is 1. The molecule has 0 atom stereocenters. The maximum atomic E-state index is 13.9. The lowest BCUT2D eigenvalue weighted by Gasteiger charge is -2.11. The summed E-state index contributed by atoms with van der Waals surface area (Å²) in [6.07, 6.45) is 1.46. The van der Waals surface area contributed by atoms with Gasteiger partial charge in [-0.15, -0.1) is 0 Å². The van der Waals surface area contributed by atoms with E-state index >= 15 is 0 Å². The number of carbonyl (C=O) groups excluding carboxylic acids is 3. The minimum absolute atomic E-state index is 0.130. The maximum Gasteiger partial charge on any atom is 0.384 e. The van der Waals surface area contributed by atoms with Gasteiger partial charge in [-0.3, -0.25) is 9.59 Å². The molecule has 1 aromatic heterocycles. The fraction of sp³-hybridized carbons (Fsp3) is 0.0526. The molecule has 0 aliphatic carbocycles. The van der Waals surface area contributed by atoms with Crippen molar-refractivity contribution < 1.29 is 23.6 Å². The zero-order valence-electron chi connectivity index (χ0n) is 14.0. The van der Waals surface area contributed by atoms with E-state index in [1.807, 2.05) is 0 Å². The van der Waals surface area contributed by atoms with Crippen LogP contribution >= 0.6 is 0 Å². The van der Waals surface area contributed by atoms with Crippen molar-refractivity contribution in [2.24, 2.45) is 0 Å². The molecule has 7 nitrogen and oxygen atoms in total. The molecule has 4 rings (SSSR count). The Morgan fingerprint density at radius 1 is 1.00 bits per heavy atom. The van der Waals surface area contributed by atoms with Crippen molar-refractivity contribution in [1.29, 1.82) is 0 Å². The van der Waals surface area contributed by atoms with Crippen LogP contribution in [0.1, 0.15) is 36.8 Å². The third-order valence-corrected chi connectivity index (χ3v) is 4.12. The van der Waals surface area contributed by atoms with E-state index in [9.17, 15) is 18.8 Å². The minimum Gasteiger partial charge on any atom is -0.322 e. The molecule has 0 unspecified atom stereocenters. The number of halogens is 1. The number of benzene rings is 2. The molecule has 0 N–H and O–H groups in total. The van der Waals surface area contributed by atoms with Crippen LogP contribution < -0.4 is 0 Å². The number of amides is 2. The lowest BCUT2D eigenvalue weighted by Crippen LogP contribution is -2.33. The summed E-state index contributed by atoms with van der Waals surface area (Å²) in [6.45, 7) is 1.59. The van der Waals surface area contributed by atoms with E-state index in [0.717, 1.165) is 0 Å². The van der Waals surface area contributed by atoms with Crippen LogP contribution in [0.15, 0.2) is 54.7 Å². The molecule has 134 valence electrons. The van der Waals surface area contributed by atoms with Crippen LogP contribution in [0.5, 0.6) is 0 Å². The van der Waals surface area contributed by atoms with Crippen molar-refractivity contribution in [3.05, 3.63) is 82.9 Å². The van der Waals surface area contributed by atoms with Crippen LogP contribution in [0.3, 0.4) is 0 Å². The number of nitrogens with zero attached hydrogens (tertiary/aromatic N) is 3. The Balaban J connectivity index is 1.61. The molecule has 8 heteroatoms. The zero-order chi connectivity index (χ0) is 19.1. The highest BCUT2D eigenvalue weighted by Crippen LogP contribution is 2.24. The van der Waals surface area contributed by atoms with E-state index in [2.05, 4.69) is 5.10 Å². The molecule has 0 fully saturated rings. The van der Waals surface area contributed by atoms with Crippen molar-refractivity contribution in [2.75, 3.05) is 0 Å². The fourth-order valence-electron chi connectivity index (χ4n) is 2.80. The van der Waals surface area contributed by atoms with Crippen molar-refractivity contribution in [3.8, 4) is 5.69 Å². The number of para-hydroxylation sites is 1. The van der Waals surface area contributed by atoms with Gasteiger partial charge in [-0.25, -0.2) is 13.9 Å². The van der Waals surface area contributed by atoms with Gasteiger partial charge < -0.3 is 4.84 Å². The van der Waals surface area contributed by atoms with Crippen LogP contribution in [-0.4, -0.2) is 32.6 Å². The highest BCUT2D eigenvalue weighted by Gasteiger charge is 2.39. The first-order chi connectivity index (χ1) is 13.0. The first kappa shape index (κ1) is 16.6. The smallest absolute Gasteiger partial charge is 0.322 e. The number of hydrogen-bond acceptors (Lipinski definition) is 5. The topological polar surface area (TPSA) is 81.5 Å². The number of hydroxylamine groups is 2. The summed E-state index contributed by atoms with van der Waals surface area (Å²) < 4.78 is 15.1. The minimum atomic E-state index is -0.989. The van der Waals surface area contributed by atoms with E-state index in [4.69, 9.17) is 4.84 Å². The molecular weight excluding hydrogens is 353 g/mol. The number of carbonyl (C=O) groups is 3. The Bertz CT molecular complexity index is 1070. The molecule has 3 aromatic rings. The summed E-state index contributed by atoms with van der Waals surface area (Å²) >= 11 is 0.